The van der Waals surface area contributed by atoms with Gasteiger partial charge in [0.05, 0.1) is 10.7 Å². The highest BCUT2D eigenvalue weighted by atomic mass is 35.5. The van der Waals surface area contributed by atoms with Crippen LogP contribution in [0.15, 0.2) is 24.3 Å². The van der Waals surface area contributed by atoms with E-state index in [4.69, 9.17) is 11.6 Å². The van der Waals surface area contributed by atoms with Crippen LogP contribution in [-0.4, -0.2) is 11.8 Å². The summed E-state index contributed by atoms with van der Waals surface area (Å²) in [5.74, 6) is 0. The average Bonchev–Trinajstić information content (AvgIpc) is 2.03. The van der Waals surface area contributed by atoms with Crippen LogP contribution in [0, 0.1) is 0 Å². The van der Waals surface area contributed by atoms with Gasteiger partial charge in [0, 0.05) is 11.8 Å². The van der Waals surface area contributed by atoms with Crippen LogP contribution in [0.4, 0.5) is 5.69 Å². The van der Waals surface area contributed by atoms with E-state index in [1.807, 2.05) is 31.2 Å². The summed E-state index contributed by atoms with van der Waals surface area (Å²) in [5.41, 5.74) is 0.972. The molecule has 0 aliphatic heterocycles. The van der Waals surface area contributed by atoms with Crippen LogP contribution in [0.25, 0.3) is 0 Å². The smallest absolute Gasteiger partial charge is 0.0637 e. The van der Waals surface area contributed by atoms with Crippen LogP contribution in [-0.2, 0) is 0 Å². The van der Waals surface area contributed by atoms with Crippen molar-refractivity contribution in [1.29, 1.82) is 0 Å². The zero-order valence-electron chi connectivity index (χ0n) is 6.92. The Morgan fingerprint density at radius 3 is 2.75 bits per heavy atom. The topological polar surface area (TPSA) is 12.0 Å². The first-order valence-corrected chi connectivity index (χ1v) is 4.76. The molecule has 0 spiro atoms. The summed E-state index contributed by atoms with van der Waals surface area (Å²) in [7, 11) is 0. The van der Waals surface area contributed by atoms with Gasteiger partial charge >= 0.3 is 0 Å². The van der Waals surface area contributed by atoms with Crippen LogP contribution in [0.2, 0.25) is 5.02 Å². The van der Waals surface area contributed by atoms with E-state index >= 15 is 0 Å². The molecule has 1 rings (SSSR count). The van der Waals surface area contributed by atoms with Gasteiger partial charge in [0.25, 0.3) is 0 Å². The van der Waals surface area contributed by atoms with Crippen molar-refractivity contribution in [2.75, 3.05) is 11.9 Å². The molecule has 1 aromatic carbocycles. The first-order valence-electron chi connectivity index (χ1n) is 3.86. The minimum atomic E-state index is 0.335. The molecule has 66 valence electrons. The van der Waals surface area contributed by atoms with Gasteiger partial charge in [0.2, 0.25) is 0 Å². The number of hydrogen-bond donors (Lipinski definition) is 2. The number of anilines is 1. The quantitative estimate of drug-likeness (QED) is 0.717. The molecule has 0 saturated heterocycles. The molecule has 0 heterocycles. The molecular weight excluding hydrogens is 190 g/mol. The van der Waals surface area contributed by atoms with Crippen LogP contribution in [0.3, 0.4) is 0 Å². The fourth-order valence-corrected chi connectivity index (χ4v) is 1.16. The molecule has 1 aromatic rings. The maximum absolute atomic E-state index is 5.92. The molecule has 1 atom stereocenters. The Labute approximate surface area is 83.5 Å². The van der Waals surface area contributed by atoms with Crippen molar-refractivity contribution in [3.8, 4) is 0 Å². The van der Waals surface area contributed by atoms with Crippen LogP contribution < -0.4 is 5.32 Å². The zero-order valence-corrected chi connectivity index (χ0v) is 8.57. The third-order valence-corrected chi connectivity index (χ3v) is 1.97. The van der Waals surface area contributed by atoms with Gasteiger partial charge in [-0.2, -0.15) is 12.6 Å². The normalized spacial score (nSPS) is 12.6. The lowest BCUT2D eigenvalue weighted by atomic mass is 10.3. The molecule has 12 heavy (non-hydrogen) atoms. The Kier molecular flexibility index (Phi) is 3.76. The van der Waals surface area contributed by atoms with Crippen LogP contribution in [0.5, 0.6) is 0 Å². The van der Waals surface area contributed by atoms with E-state index in [9.17, 15) is 0 Å². The molecule has 0 aliphatic carbocycles. The van der Waals surface area contributed by atoms with Crippen molar-refractivity contribution in [3.05, 3.63) is 29.3 Å². The van der Waals surface area contributed by atoms with Gasteiger partial charge in [-0.15, -0.1) is 0 Å². The first kappa shape index (κ1) is 9.75. The number of hydrogen-bond acceptors (Lipinski definition) is 2. The lowest BCUT2D eigenvalue weighted by molar-refractivity contribution is 1.01. The fraction of sp³-hybridized carbons (Fsp3) is 0.333. The number of benzene rings is 1. The number of rotatable bonds is 3. The minimum Gasteiger partial charge on any atom is -0.383 e. The van der Waals surface area contributed by atoms with Crippen molar-refractivity contribution in [1.82, 2.24) is 0 Å². The van der Waals surface area contributed by atoms with Crippen molar-refractivity contribution < 1.29 is 0 Å². The summed E-state index contributed by atoms with van der Waals surface area (Å²) in [6.07, 6.45) is 0. The number of nitrogens with one attached hydrogen (secondary N) is 1. The highest BCUT2D eigenvalue weighted by Crippen LogP contribution is 2.20. The molecular formula is C9H12ClNS. The number of halogens is 1. The third-order valence-electron chi connectivity index (χ3n) is 1.46. The monoisotopic (exact) mass is 201 g/mol. The zero-order chi connectivity index (χ0) is 8.97. The minimum absolute atomic E-state index is 0.335. The van der Waals surface area contributed by atoms with Gasteiger partial charge in [-0.05, 0) is 12.1 Å². The van der Waals surface area contributed by atoms with Crippen LogP contribution in [0.1, 0.15) is 6.92 Å². The van der Waals surface area contributed by atoms with E-state index in [1.54, 1.807) is 0 Å². The second kappa shape index (κ2) is 4.63. The van der Waals surface area contributed by atoms with Crippen molar-refractivity contribution in [3.63, 3.8) is 0 Å². The standard InChI is InChI=1S/C9H12ClNS/c1-7(12)6-11-9-5-3-2-4-8(9)10/h2-5,7,11-12H,6H2,1H3. The molecule has 0 amide bonds. The molecule has 1 unspecified atom stereocenters. The van der Waals surface area contributed by atoms with E-state index in [0.29, 0.717) is 5.25 Å². The third kappa shape index (κ3) is 2.95. The summed E-state index contributed by atoms with van der Waals surface area (Å²) in [6.45, 7) is 2.86. The van der Waals surface area contributed by atoms with Gasteiger partial charge in [0.15, 0.2) is 0 Å². The lowest BCUT2D eigenvalue weighted by Gasteiger charge is -2.09. The van der Waals surface area contributed by atoms with Gasteiger partial charge in [-0.3, -0.25) is 0 Å². The fourth-order valence-electron chi connectivity index (χ4n) is 0.862. The van der Waals surface area contributed by atoms with Gasteiger partial charge in [-0.25, -0.2) is 0 Å². The Balaban J connectivity index is 2.57. The Morgan fingerprint density at radius 2 is 2.17 bits per heavy atom. The van der Waals surface area contributed by atoms with Gasteiger partial charge < -0.3 is 5.32 Å². The molecule has 0 bridgehead atoms. The summed E-state index contributed by atoms with van der Waals surface area (Å²) in [4.78, 5) is 0. The number of thiol groups is 1. The highest BCUT2D eigenvalue weighted by molar-refractivity contribution is 7.80. The summed E-state index contributed by atoms with van der Waals surface area (Å²) < 4.78 is 0. The Bertz CT molecular complexity index is 250. The van der Waals surface area contributed by atoms with E-state index in [2.05, 4.69) is 17.9 Å². The maximum Gasteiger partial charge on any atom is 0.0637 e. The van der Waals surface area contributed by atoms with E-state index in [-0.39, 0.29) is 0 Å². The molecule has 3 heteroatoms. The number of para-hydroxylation sites is 1. The van der Waals surface area contributed by atoms with Gasteiger partial charge in [-0.1, -0.05) is 30.7 Å². The summed E-state index contributed by atoms with van der Waals surface area (Å²) in [6, 6.07) is 7.70. The van der Waals surface area contributed by atoms with Crippen molar-refractivity contribution in [2.24, 2.45) is 0 Å². The summed E-state index contributed by atoms with van der Waals surface area (Å²) >= 11 is 10.2. The predicted octanol–water partition coefficient (Wildman–Crippen LogP) is 3.07. The molecule has 0 radical (unpaired) electrons. The molecule has 0 aromatic heterocycles. The van der Waals surface area contributed by atoms with Gasteiger partial charge in [0.1, 0.15) is 0 Å². The largest absolute Gasteiger partial charge is 0.383 e. The molecule has 0 aliphatic rings. The first-order chi connectivity index (χ1) is 5.70. The van der Waals surface area contributed by atoms with Crippen molar-refractivity contribution in [2.45, 2.75) is 12.2 Å². The Morgan fingerprint density at radius 1 is 1.50 bits per heavy atom. The molecule has 1 N–H and O–H groups in total. The highest BCUT2D eigenvalue weighted by Gasteiger charge is 1.98. The Hall–Kier alpha value is -0.340. The van der Waals surface area contributed by atoms with E-state index < -0.39 is 0 Å². The molecule has 0 fully saturated rings. The predicted molar refractivity (Wildman–Crippen MR) is 58.4 cm³/mol. The maximum atomic E-state index is 5.92. The summed E-state index contributed by atoms with van der Waals surface area (Å²) in [5, 5.41) is 4.29. The van der Waals surface area contributed by atoms with E-state index in [0.717, 1.165) is 17.3 Å². The molecule has 1 nitrogen and oxygen atoms in total. The van der Waals surface area contributed by atoms with Crippen molar-refractivity contribution >= 4 is 29.9 Å². The van der Waals surface area contributed by atoms with Crippen LogP contribution >= 0.6 is 24.2 Å². The second-order valence-corrected chi connectivity index (χ2v) is 4.00. The molecule has 0 saturated carbocycles. The van der Waals surface area contributed by atoms with E-state index in [1.165, 1.54) is 0 Å². The average molecular weight is 202 g/mol. The SMILES string of the molecule is CC(S)CNc1ccccc1Cl. The lowest BCUT2D eigenvalue weighted by Crippen LogP contribution is -2.10. The second-order valence-electron chi connectivity index (χ2n) is 2.71.